The van der Waals surface area contributed by atoms with E-state index in [1.807, 2.05) is 0 Å². The highest BCUT2D eigenvalue weighted by molar-refractivity contribution is 5.91. The van der Waals surface area contributed by atoms with Gasteiger partial charge in [-0.2, -0.15) is 0 Å². The smallest absolute Gasteiger partial charge is 0.335 e. The van der Waals surface area contributed by atoms with Gasteiger partial charge in [-0.05, 0) is 35.4 Å². The molecule has 0 amide bonds. The molecule has 150 valence electrons. The Kier molecular flexibility index (Phi) is 6.32. The monoisotopic (exact) mass is 406 g/mol. The van der Waals surface area contributed by atoms with Crippen LogP contribution in [0.5, 0.6) is 0 Å². The maximum atomic E-state index is 14.1. The summed E-state index contributed by atoms with van der Waals surface area (Å²) in [5.74, 6) is -3.10. The quantitative estimate of drug-likeness (QED) is 0.612. The van der Waals surface area contributed by atoms with Crippen LogP contribution in [0.3, 0.4) is 0 Å². The molecule has 0 aliphatic rings. The number of alkyl halides is 6. The largest absolute Gasteiger partial charge is 0.478 e. The Hall–Kier alpha value is -3.04. The molecule has 0 radical (unpaired) electrons. The van der Waals surface area contributed by atoms with Crippen LogP contribution in [0.25, 0.3) is 11.1 Å². The van der Waals surface area contributed by atoms with Crippen molar-refractivity contribution in [3.05, 3.63) is 58.7 Å². The molecule has 0 bridgehead atoms. The van der Waals surface area contributed by atoms with Crippen molar-refractivity contribution >= 4 is 11.9 Å². The van der Waals surface area contributed by atoms with Crippen molar-refractivity contribution in [3.8, 4) is 11.1 Å². The SMILES string of the molecule is O=C(O)c1ccc(-c2ccc(C(=O)O)cc2C(F)C(F)F)c(C(F)C(F)F)c1. The highest BCUT2D eigenvalue weighted by Gasteiger charge is 2.30. The van der Waals surface area contributed by atoms with E-state index in [-0.39, 0.29) is 0 Å². The van der Waals surface area contributed by atoms with E-state index in [4.69, 9.17) is 10.2 Å². The molecule has 0 saturated carbocycles. The lowest BCUT2D eigenvalue weighted by Crippen LogP contribution is -2.11. The van der Waals surface area contributed by atoms with Crippen molar-refractivity contribution in [2.75, 3.05) is 0 Å². The van der Waals surface area contributed by atoms with Gasteiger partial charge in [-0.15, -0.1) is 0 Å². The molecule has 2 atom stereocenters. The molecule has 2 rings (SSSR count). The van der Waals surface area contributed by atoms with Crippen molar-refractivity contribution in [2.45, 2.75) is 25.2 Å². The van der Waals surface area contributed by atoms with Crippen LogP contribution in [-0.2, 0) is 0 Å². The molecule has 0 aromatic heterocycles. The topological polar surface area (TPSA) is 74.6 Å². The van der Waals surface area contributed by atoms with Crippen LogP contribution in [0.4, 0.5) is 26.3 Å². The van der Waals surface area contributed by atoms with Gasteiger partial charge >= 0.3 is 11.9 Å². The minimum atomic E-state index is -3.57. The van der Waals surface area contributed by atoms with Crippen LogP contribution in [0.1, 0.15) is 44.2 Å². The van der Waals surface area contributed by atoms with Crippen LogP contribution in [-0.4, -0.2) is 35.0 Å². The van der Waals surface area contributed by atoms with Crippen LogP contribution in [0.15, 0.2) is 36.4 Å². The second-order valence-electron chi connectivity index (χ2n) is 5.69. The molecule has 0 aliphatic heterocycles. The molecule has 0 heterocycles. The molecule has 2 unspecified atom stereocenters. The Morgan fingerprint density at radius 1 is 0.643 bits per heavy atom. The number of carbonyl (C=O) groups is 2. The number of hydrogen-bond acceptors (Lipinski definition) is 2. The van der Waals surface area contributed by atoms with Crippen LogP contribution < -0.4 is 0 Å². The third-order valence-corrected chi connectivity index (χ3v) is 3.92. The fourth-order valence-electron chi connectivity index (χ4n) is 2.61. The highest BCUT2D eigenvalue weighted by atomic mass is 19.3. The maximum absolute atomic E-state index is 14.1. The predicted molar refractivity (Wildman–Crippen MR) is 85.5 cm³/mol. The molecule has 2 aromatic carbocycles. The molecule has 4 nitrogen and oxygen atoms in total. The van der Waals surface area contributed by atoms with Gasteiger partial charge in [-0.1, -0.05) is 12.1 Å². The second kappa shape index (κ2) is 8.32. The Balaban J connectivity index is 2.79. The van der Waals surface area contributed by atoms with Crippen molar-refractivity contribution in [3.63, 3.8) is 0 Å². The molecule has 10 heteroatoms. The van der Waals surface area contributed by atoms with E-state index in [9.17, 15) is 35.9 Å². The predicted octanol–water partition coefficient (Wildman–Crippen LogP) is 5.30. The fourth-order valence-corrected chi connectivity index (χ4v) is 2.61. The van der Waals surface area contributed by atoms with Gasteiger partial charge < -0.3 is 10.2 Å². The molecule has 2 aromatic rings. The number of benzene rings is 2. The molecule has 2 N–H and O–H groups in total. The van der Waals surface area contributed by atoms with E-state index in [0.29, 0.717) is 12.1 Å². The molecule has 0 spiro atoms. The summed E-state index contributed by atoms with van der Waals surface area (Å²) in [6.07, 6.45) is -13.1. The zero-order chi connectivity index (χ0) is 21.2. The van der Waals surface area contributed by atoms with E-state index in [2.05, 4.69) is 0 Å². The molecule has 0 saturated heterocycles. The highest BCUT2D eigenvalue weighted by Crippen LogP contribution is 2.40. The first-order valence-corrected chi connectivity index (χ1v) is 7.63. The van der Waals surface area contributed by atoms with Gasteiger partial charge in [0.15, 0.2) is 12.3 Å². The minimum Gasteiger partial charge on any atom is -0.478 e. The number of carboxylic acids is 2. The zero-order valence-electron chi connectivity index (χ0n) is 13.8. The van der Waals surface area contributed by atoms with Gasteiger partial charge in [0, 0.05) is 11.1 Å². The van der Waals surface area contributed by atoms with Gasteiger partial charge in [0.25, 0.3) is 12.9 Å². The van der Waals surface area contributed by atoms with Crippen LogP contribution in [0, 0.1) is 0 Å². The first-order valence-electron chi connectivity index (χ1n) is 7.63. The standard InChI is InChI=1S/C18H12F6O4/c19-13(15(21)22)11-5-7(17(25)26)1-3-9(11)10-4-2-8(18(27)28)6-12(10)14(20)16(23)24/h1-6,13-16H,(H,25,26)(H,27,28). The fraction of sp³-hybridized carbons (Fsp3) is 0.222. The molecular formula is C18H12F6O4. The first kappa shape index (κ1) is 21.3. The van der Waals surface area contributed by atoms with Crippen LogP contribution in [0.2, 0.25) is 0 Å². The summed E-state index contributed by atoms with van der Waals surface area (Å²) >= 11 is 0. The Labute approximate surface area is 154 Å². The summed E-state index contributed by atoms with van der Waals surface area (Å²) in [5.41, 5.74) is -3.68. The number of aromatic carboxylic acids is 2. The average Bonchev–Trinajstić information content (AvgIpc) is 2.65. The van der Waals surface area contributed by atoms with Gasteiger partial charge in [0.1, 0.15) is 0 Å². The first-order chi connectivity index (χ1) is 13.0. The third-order valence-electron chi connectivity index (χ3n) is 3.92. The van der Waals surface area contributed by atoms with E-state index in [1.54, 1.807) is 0 Å². The van der Waals surface area contributed by atoms with E-state index < -0.39 is 70.5 Å². The number of hydrogen-bond donors (Lipinski definition) is 2. The van der Waals surface area contributed by atoms with E-state index in [1.165, 1.54) is 0 Å². The van der Waals surface area contributed by atoms with Crippen molar-refractivity contribution in [1.29, 1.82) is 0 Å². The van der Waals surface area contributed by atoms with Gasteiger partial charge in [-0.3, -0.25) is 0 Å². The Morgan fingerprint density at radius 2 is 0.964 bits per heavy atom. The van der Waals surface area contributed by atoms with Crippen molar-refractivity contribution in [2.24, 2.45) is 0 Å². The number of halogens is 6. The lowest BCUT2D eigenvalue weighted by molar-refractivity contribution is 0.0486. The summed E-state index contributed by atoms with van der Waals surface area (Å²) in [6.45, 7) is 0. The van der Waals surface area contributed by atoms with Gasteiger partial charge in [-0.25, -0.2) is 35.9 Å². The number of rotatable bonds is 7. The van der Waals surface area contributed by atoms with Crippen molar-refractivity contribution < 1.29 is 46.1 Å². The Bertz CT molecular complexity index is 826. The lowest BCUT2D eigenvalue weighted by Gasteiger charge is -2.19. The average molecular weight is 406 g/mol. The summed E-state index contributed by atoms with van der Waals surface area (Å²) in [6, 6.07) is 4.77. The zero-order valence-corrected chi connectivity index (χ0v) is 13.8. The maximum Gasteiger partial charge on any atom is 0.335 e. The normalized spacial score (nSPS) is 13.6. The minimum absolute atomic E-state index is 0.451. The van der Waals surface area contributed by atoms with Gasteiger partial charge in [0.2, 0.25) is 0 Å². The summed E-state index contributed by atoms with van der Waals surface area (Å²) in [7, 11) is 0. The summed E-state index contributed by atoms with van der Waals surface area (Å²) in [4.78, 5) is 22.1. The summed E-state index contributed by atoms with van der Waals surface area (Å²) in [5, 5.41) is 17.9. The third kappa shape index (κ3) is 4.26. The second-order valence-corrected chi connectivity index (χ2v) is 5.69. The molecular weight excluding hydrogens is 394 g/mol. The Morgan fingerprint density at radius 3 is 1.21 bits per heavy atom. The van der Waals surface area contributed by atoms with Crippen molar-refractivity contribution in [1.82, 2.24) is 0 Å². The van der Waals surface area contributed by atoms with Gasteiger partial charge in [0.05, 0.1) is 11.1 Å². The summed E-state index contributed by atoms with van der Waals surface area (Å²) < 4.78 is 79.8. The van der Waals surface area contributed by atoms with E-state index >= 15 is 0 Å². The lowest BCUT2D eigenvalue weighted by atomic mass is 9.89. The van der Waals surface area contributed by atoms with Crippen LogP contribution >= 0.6 is 0 Å². The number of carboxylic acid groups (broad SMARTS) is 2. The molecule has 28 heavy (non-hydrogen) atoms. The van der Waals surface area contributed by atoms with E-state index in [0.717, 1.165) is 24.3 Å². The molecule has 0 fully saturated rings. The molecule has 0 aliphatic carbocycles.